The maximum absolute atomic E-state index is 12.6. The highest BCUT2D eigenvalue weighted by molar-refractivity contribution is 5.84. The quantitative estimate of drug-likeness (QED) is 0.416. The predicted octanol–water partition coefficient (Wildman–Crippen LogP) is 3.12. The topological polar surface area (TPSA) is 100 Å². The van der Waals surface area contributed by atoms with Gasteiger partial charge in [0.05, 0.1) is 6.04 Å². The van der Waals surface area contributed by atoms with Gasteiger partial charge in [0.15, 0.2) is 0 Å². The van der Waals surface area contributed by atoms with Crippen LogP contribution in [0.25, 0.3) is 10.9 Å². The van der Waals surface area contributed by atoms with Crippen molar-refractivity contribution in [2.24, 2.45) is 5.73 Å². The summed E-state index contributed by atoms with van der Waals surface area (Å²) < 4.78 is 0. The molecule has 1 aromatic heterocycles. The molecule has 0 saturated carbocycles. The Kier molecular flexibility index (Phi) is 7.63. The van der Waals surface area contributed by atoms with Crippen LogP contribution in [0.3, 0.4) is 0 Å². The lowest BCUT2D eigenvalue weighted by atomic mass is 9.97. The largest absolute Gasteiger partial charge is 0.361 e. The molecule has 1 unspecified atom stereocenters. The number of hydrogen-bond acceptors (Lipinski definition) is 3. The first kappa shape index (κ1) is 21.6. The third kappa shape index (κ3) is 5.94. The van der Waals surface area contributed by atoms with Crippen LogP contribution < -0.4 is 16.4 Å². The molecule has 0 bridgehead atoms. The van der Waals surface area contributed by atoms with E-state index in [1.807, 2.05) is 36.5 Å². The van der Waals surface area contributed by atoms with E-state index in [2.05, 4.69) is 40.7 Å². The zero-order valence-electron chi connectivity index (χ0n) is 17.4. The van der Waals surface area contributed by atoms with Gasteiger partial charge < -0.3 is 21.4 Å². The Balaban J connectivity index is 1.67. The van der Waals surface area contributed by atoms with E-state index in [0.29, 0.717) is 32.4 Å². The molecule has 0 radical (unpaired) electrons. The number of carbonyl (C=O) groups excluding carboxylic acids is 2. The van der Waals surface area contributed by atoms with E-state index in [0.717, 1.165) is 16.6 Å². The van der Waals surface area contributed by atoms with Crippen molar-refractivity contribution in [1.29, 1.82) is 0 Å². The number of fused-ring (bicyclic) bond motifs is 1. The minimum atomic E-state index is -0.147. The van der Waals surface area contributed by atoms with Crippen molar-refractivity contribution in [3.05, 3.63) is 71.4 Å². The fraction of sp³-hybridized carbons (Fsp3) is 0.333. The molecule has 6 heteroatoms. The van der Waals surface area contributed by atoms with Crippen molar-refractivity contribution in [3.63, 3.8) is 0 Å². The van der Waals surface area contributed by atoms with Gasteiger partial charge in [-0.25, -0.2) is 0 Å². The summed E-state index contributed by atoms with van der Waals surface area (Å²) in [5.74, 6) is -0.152. The molecule has 3 rings (SSSR count). The molecule has 5 N–H and O–H groups in total. The van der Waals surface area contributed by atoms with Crippen LogP contribution in [0.15, 0.2) is 54.7 Å². The highest BCUT2D eigenvalue weighted by atomic mass is 16.2. The molecule has 1 heterocycles. The zero-order chi connectivity index (χ0) is 21.3. The average molecular weight is 407 g/mol. The molecule has 2 aromatic carbocycles. The van der Waals surface area contributed by atoms with E-state index in [1.54, 1.807) is 0 Å². The molecule has 0 aliphatic heterocycles. The molecule has 0 fully saturated rings. The second-order valence-corrected chi connectivity index (χ2v) is 7.59. The molecule has 0 saturated heterocycles. The Hall–Kier alpha value is -3.12. The van der Waals surface area contributed by atoms with Crippen molar-refractivity contribution in [3.8, 4) is 0 Å². The summed E-state index contributed by atoms with van der Waals surface area (Å²) >= 11 is 0. The molecular weight excluding hydrogens is 376 g/mol. The molecule has 0 aliphatic rings. The van der Waals surface area contributed by atoms with Crippen LogP contribution in [-0.2, 0) is 16.0 Å². The highest BCUT2D eigenvalue weighted by Crippen LogP contribution is 2.25. The molecule has 158 valence electrons. The number of benzene rings is 2. The van der Waals surface area contributed by atoms with E-state index in [9.17, 15) is 9.59 Å². The third-order valence-electron chi connectivity index (χ3n) is 5.17. The van der Waals surface area contributed by atoms with Gasteiger partial charge in [-0.2, -0.15) is 0 Å². The summed E-state index contributed by atoms with van der Waals surface area (Å²) in [6.45, 7) is 2.89. The fourth-order valence-corrected chi connectivity index (χ4v) is 3.55. The summed E-state index contributed by atoms with van der Waals surface area (Å²) in [7, 11) is 0. The van der Waals surface area contributed by atoms with Gasteiger partial charge in [-0.05, 0) is 49.6 Å². The van der Waals surface area contributed by atoms with E-state index in [-0.39, 0.29) is 24.3 Å². The average Bonchev–Trinajstić information content (AvgIpc) is 3.14. The normalized spacial score (nSPS) is 11.9. The minimum absolute atomic E-state index is 0.0676. The lowest BCUT2D eigenvalue weighted by molar-refractivity contribution is -0.122. The number of rotatable bonds is 10. The van der Waals surface area contributed by atoms with Crippen LogP contribution in [-0.4, -0.2) is 29.9 Å². The van der Waals surface area contributed by atoms with Gasteiger partial charge in [0.1, 0.15) is 0 Å². The highest BCUT2D eigenvalue weighted by Gasteiger charge is 2.17. The molecular formula is C24H30N4O2. The molecule has 2 amide bonds. The van der Waals surface area contributed by atoms with E-state index >= 15 is 0 Å². The number of aryl methyl sites for hydroxylation is 1. The zero-order valence-corrected chi connectivity index (χ0v) is 17.4. The first-order chi connectivity index (χ1) is 14.6. The number of carbonyl (C=O) groups is 2. The van der Waals surface area contributed by atoms with Gasteiger partial charge in [0.25, 0.3) is 0 Å². The van der Waals surface area contributed by atoms with Crippen LogP contribution >= 0.6 is 0 Å². The number of hydrogen-bond donors (Lipinski definition) is 4. The summed E-state index contributed by atoms with van der Waals surface area (Å²) in [6.07, 6.45) is 3.99. The van der Waals surface area contributed by atoms with Crippen LogP contribution in [0.2, 0.25) is 0 Å². The van der Waals surface area contributed by atoms with Crippen molar-refractivity contribution >= 4 is 22.7 Å². The number of amides is 2. The van der Waals surface area contributed by atoms with Crippen LogP contribution in [0, 0.1) is 6.92 Å². The smallest absolute Gasteiger partial charge is 0.222 e. The fourth-order valence-electron chi connectivity index (χ4n) is 3.55. The van der Waals surface area contributed by atoms with Gasteiger partial charge in [-0.1, -0.05) is 42.0 Å². The first-order valence-electron chi connectivity index (χ1n) is 10.4. The number of nitrogens with two attached hydrogens (primary N) is 1. The molecule has 0 aliphatic carbocycles. The molecule has 3 aromatic rings. The van der Waals surface area contributed by atoms with Crippen molar-refractivity contribution in [2.45, 2.75) is 38.6 Å². The van der Waals surface area contributed by atoms with Gasteiger partial charge in [0.2, 0.25) is 11.8 Å². The van der Waals surface area contributed by atoms with E-state index < -0.39 is 0 Å². The van der Waals surface area contributed by atoms with Crippen molar-refractivity contribution < 1.29 is 9.59 Å². The Bertz CT molecular complexity index is 981. The second-order valence-electron chi connectivity index (χ2n) is 7.59. The van der Waals surface area contributed by atoms with Crippen LogP contribution in [0.4, 0.5) is 0 Å². The second kappa shape index (κ2) is 10.6. The van der Waals surface area contributed by atoms with Gasteiger partial charge >= 0.3 is 0 Å². The summed E-state index contributed by atoms with van der Waals surface area (Å²) in [5, 5.41) is 7.10. The standard InChI is InChI=1S/C24H30N4O2/c1-17-9-10-21-20(14-17)19(16-27-21)15-22(18-6-3-2-4-7-18)28-24(30)11-13-26-23(29)8-5-12-25/h2-4,6-7,9-10,14,16,22,27H,5,8,11-13,15,25H2,1H3,(H,26,29)(H,28,30). The maximum atomic E-state index is 12.6. The Morgan fingerprint density at radius 2 is 1.87 bits per heavy atom. The summed E-state index contributed by atoms with van der Waals surface area (Å²) in [5.41, 5.74) is 9.93. The Morgan fingerprint density at radius 1 is 1.07 bits per heavy atom. The number of nitrogens with one attached hydrogen (secondary N) is 3. The van der Waals surface area contributed by atoms with Crippen molar-refractivity contribution in [1.82, 2.24) is 15.6 Å². The third-order valence-corrected chi connectivity index (χ3v) is 5.17. The molecule has 6 nitrogen and oxygen atoms in total. The monoisotopic (exact) mass is 406 g/mol. The lowest BCUT2D eigenvalue weighted by Gasteiger charge is -2.19. The van der Waals surface area contributed by atoms with Crippen LogP contribution in [0.1, 0.15) is 42.0 Å². The number of aromatic amines is 1. The van der Waals surface area contributed by atoms with Gasteiger partial charge in [-0.15, -0.1) is 0 Å². The maximum Gasteiger partial charge on any atom is 0.222 e. The predicted molar refractivity (Wildman–Crippen MR) is 120 cm³/mol. The lowest BCUT2D eigenvalue weighted by Crippen LogP contribution is -2.33. The number of H-pyrrole nitrogens is 1. The molecule has 30 heavy (non-hydrogen) atoms. The number of aromatic nitrogens is 1. The van der Waals surface area contributed by atoms with E-state index in [4.69, 9.17) is 5.73 Å². The van der Waals surface area contributed by atoms with Crippen LogP contribution in [0.5, 0.6) is 0 Å². The summed E-state index contributed by atoms with van der Waals surface area (Å²) in [6, 6.07) is 16.2. The van der Waals surface area contributed by atoms with Gasteiger partial charge in [-0.3, -0.25) is 9.59 Å². The molecule has 1 atom stereocenters. The first-order valence-corrected chi connectivity index (χ1v) is 10.4. The minimum Gasteiger partial charge on any atom is -0.361 e. The Morgan fingerprint density at radius 3 is 2.63 bits per heavy atom. The van der Waals surface area contributed by atoms with E-state index in [1.165, 1.54) is 10.9 Å². The SMILES string of the molecule is Cc1ccc2[nH]cc(CC(NC(=O)CCNC(=O)CCCN)c3ccccc3)c2c1. The molecule has 0 spiro atoms. The Labute approximate surface area is 177 Å². The van der Waals surface area contributed by atoms with Crippen molar-refractivity contribution in [2.75, 3.05) is 13.1 Å². The van der Waals surface area contributed by atoms with Gasteiger partial charge in [0, 0.05) is 36.5 Å². The summed E-state index contributed by atoms with van der Waals surface area (Å²) in [4.78, 5) is 27.6.